The minimum Gasteiger partial charge on any atom is -0.480 e. The number of halogens is 2. The van der Waals surface area contributed by atoms with Gasteiger partial charge in [0.05, 0.1) is 0 Å². The molecule has 1 aromatic carbocycles. The van der Waals surface area contributed by atoms with E-state index in [9.17, 15) is 13.4 Å². The molecule has 1 aromatic rings. The van der Waals surface area contributed by atoms with Crippen molar-refractivity contribution in [3.05, 3.63) is 34.1 Å². The van der Waals surface area contributed by atoms with Crippen molar-refractivity contribution < 1.29 is 18.5 Å². The van der Waals surface area contributed by atoms with Gasteiger partial charge in [-0.3, -0.25) is 9.00 Å². The SMILES string of the molecule is CC(C)(C(=O)O)S(=O)Cc1cc(F)cc(Br)c1. The van der Waals surface area contributed by atoms with Crippen molar-refractivity contribution in [3.63, 3.8) is 0 Å². The molecule has 0 aliphatic rings. The number of hydrogen-bond donors (Lipinski definition) is 1. The van der Waals surface area contributed by atoms with Crippen molar-refractivity contribution in [2.24, 2.45) is 0 Å². The summed E-state index contributed by atoms with van der Waals surface area (Å²) >= 11 is 3.13. The predicted octanol–water partition coefficient (Wildman–Crippen LogP) is 2.70. The Morgan fingerprint density at radius 3 is 2.53 bits per heavy atom. The van der Waals surface area contributed by atoms with Gasteiger partial charge in [-0.2, -0.15) is 0 Å². The smallest absolute Gasteiger partial charge is 0.321 e. The Morgan fingerprint density at radius 1 is 1.47 bits per heavy atom. The standard InChI is InChI=1S/C11H12BrFO3S/c1-11(2,10(14)15)17(16)6-7-3-8(12)5-9(13)4-7/h3-5H,6H2,1-2H3,(H,14,15). The maximum atomic E-state index is 13.1. The molecule has 0 amide bonds. The summed E-state index contributed by atoms with van der Waals surface area (Å²) < 4.78 is 24.2. The van der Waals surface area contributed by atoms with Crippen LogP contribution in [0.3, 0.4) is 0 Å². The van der Waals surface area contributed by atoms with Gasteiger partial charge in [0.25, 0.3) is 0 Å². The van der Waals surface area contributed by atoms with Gasteiger partial charge in [0.1, 0.15) is 10.6 Å². The van der Waals surface area contributed by atoms with Gasteiger partial charge in [0.2, 0.25) is 0 Å². The molecule has 17 heavy (non-hydrogen) atoms. The minimum atomic E-state index is -1.62. The summed E-state index contributed by atoms with van der Waals surface area (Å²) in [7, 11) is -1.62. The van der Waals surface area contributed by atoms with Gasteiger partial charge in [-0.15, -0.1) is 0 Å². The van der Waals surface area contributed by atoms with Crippen molar-refractivity contribution >= 4 is 32.7 Å². The average Bonchev–Trinajstić information content (AvgIpc) is 2.15. The molecule has 1 unspecified atom stereocenters. The number of carboxylic acid groups (broad SMARTS) is 1. The zero-order valence-corrected chi connectivity index (χ0v) is 11.8. The van der Waals surface area contributed by atoms with Gasteiger partial charge in [0, 0.05) is 21.0 Å². The lowest BCUT2D eigenvalue weighted by Crippen LogP contribution is -2.37. The first kappa shape index (κ1) is 14.3. The molecule has 0 aromatic heterocycles. The van der Waals surface area contributed by atoms with Crippen LogP contribution in [-0.2, 0) is 21.3 Å². The molecular formula is C11H12BrFO3S. The van der Waals surface area contributed by atoms with E-state index in [4.69, 9.17) is 5.11 Å². The van der Waals surface area contributed by atoms with Crippen LogP contribution < -0.4 is 0 Å². The third-order valence-electron chi connectivity index (χ3n) is 2.30. The second-order valence-corrected chi connectivity index (χ2v) is 7.00. The van der Waals surface area contributed by atoms with Crippen molar-refractivity contribution in [2.75, 3.05) is 0 Å². The Hall–Kier alpha value is -0.750. The van der Waals surface area contributed by atoms with E-state index in [0.29, 0.717) is 10.0 Å². The summed E-state index contributed by atoms with van der Waals surface area (Å²) in [6.07, 6.45) is 0. The Balaban J connectivity index is 2.92. The number of rotatable bonds is 4. The highest BCUT2D eigenvalue weighted by Crippen LogP contribution is 2.21. The summed E-state index contributed by atoms with van der Waals surface area (Å²) in [5.41, 5.74) is 0.504. The van der Waals surface area contributed by atoms with Crippen LogP contribution in [0, 0.1) is 5.82 Å². The van der Waals surface area contributed by atoms with Crippen LogP contribution in [0.25, 0.3) is 0 Å². The highest BCUT2D eigenvalue weighted by Gasteiger charge is 2.34. The molecular weight excluding hydrogens is 311 g/mol. The molecule has 0 fully saturated rings. The van der Waals surface area contributed by atoms with Crippen LogP contribution in [0.2, 0.25) is 0 Å². The highest BCUT2D eigenvalue weighted by molar-refractivity contribution is 9.10. The van der Waals surface area contributed by atoms with E-state index in [-0.39, 0.29) is 5.75 Å². The van der Waals surface area contributed by atoms with E-state index in [1.165, 1.54) is 26.0 Å². The van der Waals surface area contributed by atoms with Crippen LogP contribution in [-0.4, -0.2) is 20.0 Å². The summed E-state index contributed by atoms with van der Waals surface area (Å²) in [5.74, 6) is -1.57. The zero-order chi connectivity index (χ0) is 13.2. The largest absolute Gasteiger partial charge is 0.480 e. The molecule has 94 valence electrons. The fraction of sp³-hybridized carbons (Fsp3) is 0.364. The molecule has 0 bridgehead atoms. The highest BCUT2D eigenvalue weighted by atomic mass is 79.9. The van der Waals surface area contributed by atoms with Gasteiger partial charge in [-0.1, -0.05) is 15.9 Å². The van der Waals surface area contributed by atoms with Gasteiger partial charge >= 0.3 is 5.97 Å². The van der Waals surface area contributed by atoms with Crippen LogP contribution >= 0.6 is 15.9 Å². The number of benzene rings is 1. The van der Waals surface area contributed by atoms with E-state index in [2.05, 4.69) is 15.9 Å². The fourth-order valence-electron chi connectivity index (χ4n) is 1.12. The maximum absolute atomic E-state index is 13.1. The molecule has 0 aliphatic heterocycles. The molecule has 1 rings (SSSR count). The third-order valence-corrected chi connectivity index (χ3v) is 4.67. The zero-order valence-electron chi connectivity index (χ0n) is 9.37. The normalized spacial score (nSPS) is 13.4. The predicted molar refractivity (Wildman–Crippen MR) is 67.7 cm³/mol. The first-order chi connectivity index (χ1) is 7.73. The molecule has 0 spiro atoms. The number of carbonyl (C=O) groups is 1. The Labute approximate surface area is 110 Å². The first-order valence-corrected chi connectivity index (χ1v) is 6.91. The van der Waals surface area contributed by atoms with Gasteiger partial charge in [-0.25, -0.2) is 4.39 Å². The van der Waals surface area contributed by atoms with Crippen LogP contribution in [0.5, 0.6) is 0 Å². The fourth-order valence-corrected chi connectivity index (χ4v) is 2.66. The molecule has 1 atom stereocenters. The number of carboxylic acids is 1. The monoisotopic (exact) mass is 322 g/mol. The lowest BCUT2D eigenvalue weighted by atomic mass is 10.2. The van der Waals surface area contributed by atoms with E-state index >= 15 is 0 Å². The number of hydrogen-bond acceptors (Lipinski definition) is 2. The van der Waals surface area contributed by atoms with E-state index < -0.39 is 27.3 Å². The Bertz CT molecular complexity index is 454. The van der Waals surface area contributed by atoms with Crippen molar-refractivity contribution in [3.8, 4) is 0 Å². The van der Waals surface area contributed by atoms with E-state index in [1.807, 2.05) is 0 Å². The van der Waals surface area contributed by atoms with Crippen LogP contribution in [0.15, 0.2) is 22.7 Å². The topological polar surface area (TPSA) is 54.4 Å². The van der Waals surface area contributed by atoms with Gasteiger partial charge < -0.3 is 5.11 Å². The van der Waals surface area contributed by atoms with Gasteiger partial charge in [0.15, 0.2) is 0 Å². The molecule has 0 aliphatic carbocycles. The Kier molecular flexibility index (Phi) is 4.43. The molecule has 0 heterocycles. The maximum Gasteiger partial charge on any atom is 0.321 e. The molecule has 0 saturated carbocycles. The number of aliphatic carboxylic acids is 1. The van der Waals surface area contributed by atoms with Crippen molar-refractivity contribution in [1.29, 1.82) is 0 Å². The lowest BCUT2D eigenvalue weighted by molar-refractivity contribution is -0.139. The quantitative estimate of drug-likeness (QED) is 0.927. The second kappa shape index (κ2) is 5.27. The Morgan fingerprint density at radius 2 is 2.06 bits per heavy atom. The summed E-state index contributed by atoms with van der Waals surface area (Å²) in [6, 6.07) is 4.16. The summed E-state index contributed by atoms with van der Waals surface area (Å²) in [4.78, 5) is 10.9. The first-order valence-electron chi connectivity index (χ1n) is 4.80. The van der Waals surface area contributed by atoms with Gasteiger partial charge in [-0.05, 0) is 37.6 Å². The molecule has 0 radical (unpaired) electrons. The van der Waals surface area contributed by atoms with Crippen LogP contribution in [0.4, 0.5) is 4.39 Å². The van der Waals surface area contributed by atoms with Crippen molar-refractivity contribution in [1.82, 2.24) is 0 Å². The summed E-state index contributed by atoms with van der Waals surface area (Å²) in [5, 5.41) is 8.92. The third kappa shape index (κ3) is 3.61. The molecule has 6 heteroatoms. The van der Waals surface area contributed by atoms with Crippen LogP contribution in [0.1, 0.15) is 19.4 Å². The molecule has 3 nitrogen and oxygen atoms in total. The summed E-state index contributed by atoms with van der Waals surface area (Å²) in [6.45, 7) is 2.78. The van der Waals surface area contributed by atoms with Crippen molar-refractivity contribution in [2.45, 2.75) is 24.3 Å². The second-order valence-electron chi connectivity index (χ2n) is 4.08. The molecule has 0 saturated heterocycles. The molecule has 1 N–H and O–H groups in total. The van der Waals surface area contributed by atoms with E-state index in [1.54, 1.807) is 6.07 Å². The average molecular weight is 323 g/mol. The van der Waals surface area contributed by atoms with E-state index in [0.717, 1.165) is 0 Å². The lowest BCUT2D eigenvalue weighted by Gasteiger charge is -2.18. The minimum absolute atomic E-state index is 0.00958.